The van der Waals surface area contributed by atoms with Gasteiger partial charge < -0.3 is 5.32 Å². The van der Waals surface area contributed by atoms with Gasteiger partial charge in [-0.15, -0.1) is 0 Å². The summed E-state index contributed by atoms with van der Waals surface area (Å²) in [4.78, 5) is 21.9. The number of nitro groups is 1. The van der Waals surface area contributed by atoms with Gasteiger partial charge in [0.1, 0.15) is 6.04 Å². The molecule has 8 nitrogen and oxygen atoms in total. The van der Waals surface area contributed by atoms with Gasteiger partial charge in [0.25, 0.3) is 15.7 Å². The number of sulfonamides is 1. The van der Waals surface area contributed by atoms with Gasteiger partial charge in [0.15, 0.2) is 4.90 Å². The van der Waals surface area contributed by atoms with E-state index >= 15 is 0 Å². The SMILES string of the molecule is CNC(=O)[C@H]1CCCCN1S(=O)(=O)c1ccccc1[N+](=O)[O-]. The molecule has 1 saturated heterocycles. The van der Waals surface area contributed by atoms with E-state index in [1.807, 2.05) is 0 Å². The number of nitrogens with one attached hydrogen (secondary N) is 1. The van der Waals surface area contributed by atoms with E-state index < -0.39 is 32.6 Å². The average Bonchev–Trinajstić information content (AvgIpc) is 2.54. The van der Waals surface area contributed by atoms with E-state index in [0.29, 0.717) is 12.8 Å². The van der Waals surface area contributed by atoms with Gasteiger partial charge in [0.2, 0.25) is 5.91 Å². The number of nitro benzene ring substituents is 1. The Morgan fingerprint density at radius 2 is 2.05 bits per heavy atom. The Labute approximate surface area is 128 Å². The van der Waals surface area contributed by atoms with Crippen LogP contribution in [-0.4, -0.2) is 43.2 Å². The number of hydrogen-bond acceptors (Lipinski definition) is 5. The molecular formula is C13H17N3O5S. The number of carbonyl (C=O) groups excluding carboxylic acids is 1. The van der Waals surface area contributed by atoms with Crippen LogP contribution in [0.5, 0.6) is 0 Å². The van der Waals surface area contributed by atoms with Gasteiger partial charge in [0, 0.05) is 19.7 Å². The number of rotatable bonds is 4. The number of likely N-dealkylation sites (N-methyl/N-ethyl adjacent to an activating group) is 1. The molecule has 1 atom stereocenters. The number of piperidine rings is 1. The van der Waals surface area contributed by atoms with Crippen LogP contribution in [0.2, 0.25) is 0 Å². The third-order valence-corrected chi connectivity index (χ3v) is 5.61. The highest BCUT2D eigenvalue weighted by Crippen LogP contribution is 2.30. The predicted octanol–water partition coefficient (Wildman–Crippen LogP) is 0.884. The van der Waals surface area contributed by atoms with E-state index in [0.717, 1.165) is 16.8 Å². The minimum atomic E-state index is -4.11. The van der Waals surface area contributed by atoms with E-state index in [1.54, 1.807) is 0 Å². The fourth-order valence-corrected chi connectivity index (χ4v) is 4.39. The summed E-state index contributed by atoms with van der Waals surface area (Å²) in [6, 6.07) is 4.35. The zero-order valence-electron chi connectivity index (χ0n) is 12.1. The van der Waals surface area contributed by atoms with Crippen LogP contribution < -0.4 is 5.32 Å². The minimum Gasteiger partial charge on any atom is -0.358 e. The molecule has 1 aromatic rings. The molecule has 1 aliphatic heterocycles. The van der Waals surface area contributed by atoms with Gasteiger partial charge in [-0.05, 0) is 18.9 Å². The third-order valence-electron chi connectivity index (χ3n) is 3.65. The molecule has 0 aromatic heterocycles. The van der Waals surface area contributed by atoms with Crippen molar-refractivity contribution in [1.82, 2.24) is 9.62 Å². The lowest BCUT2D eigenvalue weighted by atomic mass is 10.0. The first-order valence-electron chi connectivity index (χ1n) is 6.86. The maximum Gasteiger partial charge on any atom is 0.289 e. The number of amides is 1. The average molecular weight is 327 g/mol. The molecule has 2 rings (SSSR count). The summed E-state index contributed by atoms with van der Waals surface area (Å²) in [7, 11) is -2.67. The van der Waals surface area contributed by atoms with E-state index in [4.69, 9.17) is 0 Å². The van der Waals surface area contributed by atoms with Gasteiger partial charge in [-0.25, -0.2) is 8.42 Å². The van der Waals surface area contributed by atoms with E-state index in [2.05, 4.69) is 5.32 Å². The highest BCUT2D eigenvalue weighted by molar-refractivity contribution is 7.89. The maximum absolute atomic E-state index is 12.8. The predicted molar refractivity (Wildman–Crippen MR) is 78.7 cm³/mol. The van der Waals surface area contributed by atoms with Gasteiger partial charge in [0.05, 0.1) is 4.92 Å². The summed E-state index contributed by atoms with van der Waals surface area (Å²) < 4.78 is 26.6. The molecule has 120 valence electrons. The number of nitrogens with zero attached hydrogens (tertiary/aromatic N) is 2. The van der Waals surface area contributed by atoms with E-state index in [9.17, 15) is 23.3 Å². The molecule has 9 heteroatoms. The van der Waals surface area contributed by atoms with E-state index in [1.165, 1.54) is 25.2 Å². The molecule has 1 fully saturated rings. The van der Waals surface area contributed by atoms with Crippen LogP contribution in [0, 0.1) is 10.1 Å². The fourth-order valence-electron chi connectivity index (χ4n) is 2.57. The summed E-state index contributed by atoms with van der Waals surface area (Å²) in [6.07, 6.45) is 1.76. The largest absolute Gasteiger partial charge is 0.358 e. The second-order valence-corrected chi connectivity index (χ2v) is 6.83. The first-order valence-corrected chi connectivity index (χ1v) is 8.30. The van der Waals surface area contributed by atoms with E-state index in [-0.39, 0.29) is 11.4 Å². The molecule has 1 amide bonds. The third kappa shape index (κ3) is 2.95. The van der Waals surface area contributed by atoms with Crippen molar-refractivity contribution in [1.29, 1.82) is 0 Å². The summed E-state index contributed by atoms with van der Waals surface area (Å²) in [5.74, 6) is -0.401. The second-order valence-electron chi connectivity index (χ2n) is 4.97. The normalized spacial score (nSPS) is 19.6. The molecule has 1 aliphatic rings. The lowest BCUT2D eigenvalue weighted by Crippen LogP contribution is -2.51. The van der Waals surface area contributed by atoms with Crippen LogP contribution in [0.15, 0.2) is 29.2 Å². The van der Waals surface area contributed by atoms with Crippen molar-refractivity contribution >= 4 is 21.6 Å². The van der Waals surface area contributed by atoms with Gasteiger partial charge in [-0.3, -0.25) is 14.9 Å². The van der Waals surface area contributed by atoms with Crippen molar-refractivity contribution in [3.8, 4) is 0 Å². The molecule has 22 heavy (non-hydrogen) atoms. The first-order chi connectivity index (χ1) is 10.4. The molecule has 1 aromatic carbocycles. The summed E-state index contributed by atoms with van der Waals surface area (Å²) >= 11 is 0. The Kier molecular flexibility index (Phi) is 4.77. The molecule has 1 heterocycles. The van der Waals surface area contributed by atoms with Crippen molar-refractivity contribution in [3.63, 3.8) is 0 Å². The zero-order chi connectivity index (χ0) is 16.3. The highest BCUT2D eigenvalue weighted by atomic mass is 32.2. The van der Waals surface area contributed by atoms with Gasteiger partial charge in [-0.2, -0.15) is 4.31 Å². The minimum absolute atomic E-state index is 0.173. The Hall–Kier alpha value is -2.00. The van der Waals surface area contributed by atoms with Crippen LogP contribution >= 0.6 is 0 Å². The van der Waals surface area contributed by atoms with Crippen LogP contribution in [0.4, 0.5) is 5.69 Å². The smallest absolute Gasteiger partial charge is 0.289 e. The molecule has 0 saturated carbocycles. The molecular weight excluding hydrogens is 310 g/mol. The zero-order valence-corrected chi connectivity index (χ0v) is 12.9. The Morgan fingerprint density at radius 1 is 1.36 bits per heavy atom. The van der Waals surface area contributed by atoms with Crippen LogP contribution in [0.25, 0.3) is 0 Å². The topological polar surface area (TPSA) is 110 Å². The lowest BCUT2D eigenvalue weighted by Gasteiger charge is -2.33. The van der Waals surface area contributed by atoms with Crippen LogP contribution in [0.1, 0.15) is 19.3 Å². The standard InChI is InChI=1S/C13H17N3O5S/c1-14-13(17)11-7-4-5-9-15(11)22(20,21)12-8-3-2-6-10(12)16(18)19/h2-3,6,8,11H,4-5,7,9H2,1H3,(H,14,17)/t11-/m1/s1. The molecule has 0 unspecified atom stereocenters. The van der Waals surface area contributed by atoms with Crippen molar-refractivity contribution < 1.29 is 18.1 Å². The molecule has 0 bridgehead atoms. The van der Waals surface area contributed by atoms with Gasteiger partial charge in [-0.1, -0.05) is 18.6 Å². The number of benzene rings is 1. The number of hydrogen-bond donors (Lipinski definition) is 1. The quantitative estimate of drug-likeness (QED) is 0.652. The van der Waals surface area contributed by atoms with Crippen LogP contribution in [0.3, 0.4) is 0 Å². The van der Waals surface area contributed by atoms with Crippen molar-refractivity contribution in [2.45, 2.75) is 30.2 Å². The van der Waals surface area contributed by atoms with Crippen molar-refractivity contribution in [2.75, 3.05) is 13.6 Å². The Bertz CT molecular complexity index is 689. The molecule has 0 spiro atoms. The summed E-state index contributed by atoms with van der Waals surface area (Å²) in [5, 5.41) is 13.5. The highest BCUT2D eigenvalue weighted by Gasteiger charge is 2.39. The van der Waals surface area contributed by atoms with Crippen molar-refractivity contribution in [2.24, 2.45) is 0 Å². The summed E-state index contributed by atoms with van der Waals surface area (Å²) in [6.45, 7) is 0.173. The summed E-state index contributed by atoms with van der Waals surface area (Å²) in [5.41, 5.74) is -0.483. The maximum atomic E-state index is 12.8. The monoisotopic (exact) mass is 327 g/mol. The van der Waals surface area contributed by atoms with Crippen LogP contribution in [-0.2, 0) is 14.8 Å². The van der Waals surface area contributed by atoms with Crippen molar-refractivity contribution in [3.05, 3.63) is 34.4 Å². The Balaban J connectivity index is 2.49. The molecule has 1 N–H and O–H groups in total. The second kappa shape index (κ2) is 6.41. The molecule has 0 radical (unpaired) electrons. The van der Waals surface area contributed by atoms with Gasteiger partial charge >= 0.3 is 0 Å². The number of para-hydroxylation sites is 1. The lowest BCUT2D eigenvalue weighted by molar-refractivity contribution is -0.387. The fraction of sp³-hybridized carbons (Fsp3) is 0.462. The molecule has 0 aliphatic carbocycles. The Morgan fingerprint density at radius 3 is 2.68 bits per heavy atom. The number of carbonyl (C=O) groups is 1. The first kappa shape index (κ1) is 16.4.